The van der Waals surface area contributed by atoms with Gasteiger partial charge in [-0.2, -0.15) is 5.10 Å². The van der Waals surface area contributed by atoms with E-state index in [0.29, 0.717) is 5.69 Å². The van der Waals surface area contributed by atoms with Crippen LogP contribution in [0.4, 0.5) is 10.5 Å². The number of H-pyrrole nitrogens is 1. The van der Waals surface area contributed by atoms with Crippen molar-refractivity contribution in [2.75, 3.05) is 18.4 Å². The van der Waals surface area contributed by atoms with Gasteiger partial charge < -0.3 is 10.2 Å². The van der Waals surface area contributed by atoms with E-state index >= 15 is 0 Å². The average Bonchev–Trinajstić information content (AvgIpc) is 2.30. The van der Waals surface area contributed by atoms with Crippen LogP contribution in [0.15, 0.2) is 17.1 Å². The van der Waals surface area contributed by atoms with E-state index < -0.39 is 0 Å². The van der Waals surface area contributed by atoms with Crippen molar-refractivity contribution in [3.05, 3.63) is 22.6 Å². The highest BCUT2D eigenvalue weighted by atomic mass is 16.2. The fourth-order valence-corrected chi connectivity index (χ4v) is 1.74. The lowest BCUT2D eigenvalue weighted by atomic mass is 10.1. The van der Waals surface area contributed by atoms with E-state index in [2.05, 4.69) is 15.5 Å². The Morgan fingerprint density at radius 3 is 2.81 bits per heavy atom. The summed E-state index contributed by atoms with van der Waals surface area (Å²) >= 11 is 0. The topological polar surface area (TPSA) is 78.1 Å². The van der Waals surface area contributed by atoms with Crippen molar-refractivity contribution in [3.63, 3.8) is 0 Å². The van der Waals surface area contributed by atoms with Gasteiger partial charge in [0.1, 0.15) is 0 Å². The van der Waals surface area contributed by atoms with Crippen LogP contribution in [0.25, 0.3) is 0 Å². The molecule has 2 N–H and O–H groups in total. The Hall–Kier alpha value is -1.85. The SMILES string of the molecule is O=C(Nc1cn[nH]c(=O)c1)N1CCCCC1. The number of nitrogens with one attached hydrogen (secondary N) is 2. The molecular weight excluding hydrogens is 208 g/mol. The lowest BCUT2D eigenvalue weighted by molar-refractivity contribution is 0.200. The summed E-state index contributed by atoms with van der Waals surface area (Å²) in [6.07, 6.45) is 4.68. The zero-order chi connectivity index (χ0) is 11.4. The molecule has 0 unspecified atom stereocenters. The molecule has 1 fully saturated rings. The molecule has 1 aliphatic heterocycles. The van der Waals surface area contributed by atoms with Crippen molar-refractivity contribution in [2.24, 2.45) is 0 Å². The molecule has 2 rings (SSSR count). The van der Waals surface area contributed by atoms with Crippen molar-refractivity contribution < 1.29 is 4.79 Å². The Balaban J connectivity index is 1.98. The van der Waals surface area contributed by atoms with Crippen molar-refractivity contribution in [1.29, 1.82) is 0 Å². The monoisotopic (exact) mass is 222 g/mol. The van der Waals surface area contributed by atoms with Crippen molar-refractivity contribution in [1.82, 2.24) is 15.1 Å². The van der Waals surface area contributed by atoms with Gasteiger partial charge in [0.05, 0.1) is 11.9 Å². The number of amides is 2. The Morgan fingerprint density at radius 2 is 2.12 bits per heavy atom. The molecule has 0 saturated carbocycles. The molecule has 0 radical (unpaired) electrons. The predicted molar refractivity (Wildman–Crippen MR) is 59.3 cm³/mol. The lowest BCUT2D eigenvalue weighted by Crippen LogP contribution is -2.38. The molecule has 0 aromatic carbocycles. The van der Waals surface area contributed by atoms with Crippen LogP contribution in [0.3, 0.4) is 0 Å². The van der Waals surface area contributed by atoms with Crippen LogP contribution < -0.4 is 10.9 Å². The molecule has 2 heterocycles. The first kappa shape index (κ1) is 10.7. The van der Waals surface area contributed by atoms with Gasteiger partial charge in [-0.15, -0.1) is 0 Å². The Bertz CT molecular complexity index is 423. The summed E-state index contributed by atoms with van der Waals surface area (Å²) in [5.41, 5.74) is 0.107. The number of hydrogen-bond acceptors (Lipinski definition) is 3. The first-order valence-electron chi connectivity index (χ1n) is 5.36. The van der Waals surface area contributed by atoms with Gasteiger partial charge >= 0.3 is 6.03 Å². The Labute approximate surface area is 92.7 Å². The van der Waals surface area contributed by atoms with E-state index in [9.17, 15) is 9.59 Å². The molecule has 6 heteroatoms. The molecule has 16 heavy (non-hydrogen) atoms. The third kappa shape index (κ3) is 2.59. The number of anilines is 1. The quantitative estimate of drug-likeness (QED) is 0.737. The number of likely N-dealkylation sites (tertiary alicyclic amines) is 1. The number of aromatic amines is 1. The summed E-state index contributed by atoms with van der Waals surface area (Å²) in [4.78, 5) is 24.5. The van der Waals surface area contributed by atoms with Crippen LogP contribution in [0.1, 0.15) is 19.3 Å². The van der Waals surface area contributed by atoms with Gasteiger partial charge in [-0.3, -0.25) is 4.79 Å². The summed E-state index contributed by atoms with van der Waals surface area (Å²) in [5, 5.41) is 8.52. The minimum absolute atomic E-state index is 0.160. The number of rotatable bonds is 1. The Morgan fingerprint density at radius 1 is 1.38 bits per heavy atom. The number of hydrogen-bond donors (Lipinski definition) is 2. The summed E-state index contributed by atoms with van der Waals surface area (Å²) in [6.45, 7) is 1.56. The minimum Gasteiger partial charge on any atom is -0.325 e. The molecule has 1 aromatic rings. The molecular formula is C10H14N4O2. The van der Waals surface area contributed by atoms with Crippen molar-refractivity contribution >= 4 is 11.7 Å². The first-order valence-corrected chi connectivity index (χ1v) is 5.36. The molecule has 1 aromatic heterocycles. The summed E-state index contributed by atoms with van der Waals surface area (Å²) in [7, 11) is 0. The molecule has 6 nitrogen and oxygen atoms in total. The number of piperidine rings is 1. The summed E-state index contributed by atoms with van der Waals surface area (Å²) < 4.78 is 0. The maximum Gasteiger partial charge on any atom is 0.321 e. The third-order valence-electron chi connectivity index (χ3n) is 2.56. The van der Waals surface area contributed by atoms with E-state index in [-0.39, 0.29) is 11.6 Å². The smallest absolute Gasteiger partial charge is 0.321 e. The van der Waals surface area contributed by atoms with Gasteiger partial charge in [0.25, 0.3) is 5.56 Å². The molecule has 86 valence electrons. The van der Waals surface area contributed by atoms with Crippen LogP contribution in [-0.4, -0.2) is 34.2 Å². The third-order valence-corrected chi connectivity index (χ3v) is 2.56. The number of aromatic nitrogens is 2. The van der Waals surface area contributed by atoms with Crippen LogP contribution in [0.2, 0.25) is 0 Å². The zero-order valence-electron chi connectivity index (χ0n) is 8.90. The average molecular weight is 222 g/mol. The first-order chi connectivity index (χ1) is 7.75. The van der Waals surface area contributed by atoms with Crippen molar-refractivity contribution in [2.45, 2.75) is 19.3 Å². The minimum atomic E-state index is -0.323. The fourth-order valence-electron chi connectivity index (χ4n) is 1.74. The van der Waals surface area contributed by atoms with E-state index in [1.165, 1.54) is 18.7 Å². The van der Waals surface area contributed by atoms with Gasteiger partial charge in [-0.05, 0) is 19.3 Å². The second kappa shape index (κ2) is 4.78. The van der Waals surface area contributed by atoms with E-state index in [4.69, 9.17) is 0 Å². The van der Waals surface area contributed by atoms with Crippen molar-refractivity contribution in [3.8, 4) is 0 Å². The van der Waals surface area contributed by atoms with Gasteiger partial charge in [-0.25, -0.2) is 9.89 Å². The Kier molecular flexibility index (Phi) is 3.19. The maximum atomic E-state index is 11.8. The summed E-state index contributed by atoms with van der Waals surface area (Å²) in [6, 6.07) is 1.15. The second-order valence-electron chi connectivity index (χ2n) is 3.81. The predicted octanol–water partition coefficient (Wildman–Crippen LogP) is 0.788. The van der Waals surface area contributed by atoms with E-state index in [1.807, 2.05) is 0 Å². The second-order valence-corrected chi connectivity index (χ2v) is 3.81. The van der Waals surface area contributed by atoms with Crippen LogP contribution >= 0.6 is 0 Å². The largest absolute Gasteiger partial charge is 0.325 e. The van der Waals surface area contributed by atoms with Crippen LogP contribution in [0, 0.1) is 0 Å². The molecule has 1 saturated heterocycles. The van der Waals surface area contributed by atoms with Gasteiger partial charge in [0.15, 0.2) is 0 Å². The molecule has 0 spiro atoms. The van der Waals surface area contributed by atoms with Gasteiger partial charge in [-0.1, -0.05) is 0 Å². The highest BCUT2D eigenvalue weighted by Gasteiger charge is 2.16. The number of carbonyl (C=O) groups excluding carboxylic acids is 1. The molecule has 1 aliphatic rings. The molecule has 2 amide bonds. The molecule has 0 atom stereocenters. The number of nitrogens with zero attached hydrogens (tertiary/aromatic N) is 2. The van der Waals surface area contributed by atoms with E-state index in [1.54, 1.807) is 4.90 Å². The zero-order valence-corrected chi connectivity index (χ0v) is 8.90. The normalized spacial score (nSPS) is 15.9. The molecule has 0 aliphatic carbocycles. The maximum absolute atomic E-state index is 11.8. The number of urea groups is 1. The summed E-state index contributed by atoms with van der Waals surface area (Å²) in [5.74, 6) is 0. The van der Waals surface area contributed by atoms with E-state index in [0.717, 1.165) is 25.9 Å². The number of carbonyl (C=O) groups is 1. The van der Waals surface area contributed by atoms with Gasteiger partial charge in [0.2, 0.25) is 0 Å². The standard InChI is InChI=1S/C10H14N4O2/c15-9-6-8(7-11-13-9)12-10(16)14-4-2-1-3-5-14/h6-7H,1-5H2,(H2,12,13,15,16). The van der Waals surface area contributed by atoms with Crippen LogP contribution in [0.5, 0.6) is 0 Å². The van der Waals surface area contributed by atoms with Gasteiger partial charge in [0, 0.05) is 19.2 Å². The highest BCUT2D eigenvalue weighted by molar-refractivity contribution is 5.89. The van der Waals surface area contributed by atoms with Crippen LogP contribution in [-0.2, 0) is 0 Å². The lowest BCUT2D eigenvalue weighted by Gasteiger charge is -2.26. The fraction of sp³-hybridized carbons (Fsp3) is 0.500. The molecule has 0 bridgehead atoms. The highest BCUT2D eigenvalue weighted by Crippen LogP contribution is 2.10.